The van der Waals surface area contributed by atoms with E-state index in [0.29, 0.717) is 4.90 Å². The summed E-state index contributed by atoms with van der Waals surface area (Å²) in [6.45, 7) is 1.69. The van der Waals surface area contributed by atoms with Gasteiger partial charge in [0.1, 0.15) is 6.29 Å². The monoisotopic (exact) mass is 308 g/mol. The third-order valence-corrected chi connectivity index (χ3v) is 5.68. The quantitative estimate of drug-likeness (QED) is 0.838. The topological polar surface area (TPSA) is 66.5 Å². The Kier molecular flexibility index (Phi) is 3.99. The average molecular weight is 308 g/mol. The molecule has 1 aromatic carbocycles. The number of aldehydes is 1. The Morgan fingerprint density at radius 2 is 1.67 bits per heavy atom. The molecular weight excluding hydrogens is 288 g/mol. The number of nitrogens with zero attached hydrogens (tertiary/aromatic N) is 1. The van der Waals surface area contributed by atoms with E-state index in [1.54, 1.807) is 12.1 Å². The van der Waals surface area contributed by atoms with Crippen molar-refractivity contribution in [2.24, 2.45) is 5.92 Å². The van der Waals surface area contributed by atoms with E-state index in [1.807, 2.05) is 12.1 Å². The second-order valence-electron chi connectivity index (χ2n) is 5.85. The fourth-order valence-corrected chi connectivity index (χ4v) is 3.92. The summed E-state index contributed by atoms with van der Waals surface area (Å²) in [5.41, 5.74) is 1.02. The molecule has 0 aromatic heterocycles. The maximum atomic E-state index is 12.1. The van der Waals surface area contributed by atoms with Gasteiger partial charge >= 0.3 is 0 Å². The molecule has 0 radical (unpaired) electrons. The zero-order valence-corrected chi connectivity index (χ0v) is 12.7. The van der Waals surface area contributed by atoms with Crippen molar-refractivity contribution in [3.05, 3.63) is 24.3 Å². The molecule has 0 atom stereocenters. The molecule has 1 aliphatic carbocycles. The number of nitrogens with one attached hydrogen (secondary N) is 1. The molecule has 1 saturated carbocycles. The maximum absolute atomic E-state index is 12.1. The molecule has 1 aromatic rings. The molecule has 1 aliphatic heterocycles. The highest BCUT2D eigenvalue weighted by molar-refractivity contribution is 7.89. The van der Waals surface area contributed by atoms with Crippen LogP contribution in [-0.4, -0.2) is 33.8 Å². The Balaban J connectivity index is 1.68. The molecule has 3 rings (SSSR count). The van der Waals surface area contributed by atoms with Crippen LogP contribution < -0.4 is 9.62 Å². The van der Waals surface area contributed by atoms with Crippen LogP contribution in [0.1, 0.15) is 25.7 Å². The Labute approximate surface area is 125 Å². The molecule has 1 heterocycles. The second kappa shape index (κ2) is 5.77. The average Bonchev–Trinajstić information content (AvgIpc) is 3.31. The third kappa shape index (κ3) is 3.44. The van der Waals surface area contributed by atoms with Crippen molar-refractivity contribution in [3.63, 3.8) is 0 Å². The molecule has 1 saturated heterocycles. The summed E-state index contributed by atoms with van der Waals surface area (Å²) < 4.78 is 26.9. The van der Waals surface area contributed by atoms with Gasteiger partial charge < -0.3 is 9.69 Å². The normalized spacial score (nSPS) is 20.5. The van der Waals surface area contributed by atoms with Gasteiger partial charge in [-0.25, -0.2) is 13.1 Å². The minimum Gasteiger partial charge on any atom is -0.371 e. The lowest BCUT2D eigenvalue weighted by Gasteiger charge is -2.31. The maximum Gasteiger partial charge on any atom is 0.240 e. The number of anilines is 1. The van der Waals surface area contributed by atoms with Crippen molar-refractivity contribution in [3.8, 4) is 0 Å². The van der Waals surface area contributed by atoms with Crippen LogP contribution in [0.2, 0.25) is 0 Å². The number of rotatable bonds is 5. The number of hydrogen-bond acceptors (Lipinski definition) is 4. The van der Waals surface area contributed by atoms with E-state index in [-0.39, 0.29) is 12.0 Å². The summed E-state index contributed by atoms with van der Waals surface area (Å²) in [6.07, 6.45) is 4.64. The van der Waals surface area contributed by atoms with Crippen molar-refractivity contribution in [1.29, 1.82) is 0 Å². The van der Waals surface area contributed by atoms with E-state index >= 15 is 0 Å². The number of sulfonamides is 1. The zero-order valence-electron chi connectivity index (χ0n) is 11.9. The van der Waals surface area contributed by atoms with Gasteiger partial charge in [-0.05, 0) is 49.9 Å². The standard InChI is InChI=1S/C15H20N2O3S/c18-11-12-7-9-17(10-8-12)14-3-5-15(6-4-14)21(19,20)16-13-1-2-13/h3-6,11-13,16H,1-2,7-10H2. The van der Waals surface area contributed by atoms with Gasteiger partial charge in [0.2, 0.25) is 10.0 Å². The van der Waals surface area contributed by atoms with Crippen molar-refractivity contribution in [2.75, 3.05) is 18.0 Å². The number of hydrogen-bond donors (Lipinski definition) is 1. The SMILES string of the molecule is O=CC1CCN(c2ccc(S(=O)(=O)NC3CC3)cc2)CC1. The predicted octanol–water partition coefficient (Wildman–Crippen LogP) is 1.54. The van der Waals surface area contributed by atoms with E-state index in [0.717, 1.165) is 50.7 Å². The number of carbonyl (C=O) groups excluding carboxylic acids is 1. The minimum atomic E-state index is -3.37. The summed E-state index contributed by atoms with van der Waals surface area (Å²) in [7, 11) is -3.37. The number of carbonyl (C=O) groups is 1. The molecule has 6 heteroatoms. The van der Waals surface area contributed by atoms with Crippen molar-refractivity contribution in [1.82, 2.24) is 4.72 Å². The van der Waals surface area contributed by atoms with Crippen molar-refractivity contribution >= 4 is 22.0 Å². The molecule has 0 bridgehead atoms. The molecule has 114 valence electrons. The molecule has 0 amide bonds. The summed E-state index contributed by atoms with van der Waals surface area (Å²) >= 11 is 0. The first kappa shape index (κ1) is 14.5. The Bertz CT molecular complexity index is 600. The van der Waals surface area contributed by atoms with Gasteiger partial charge in [-0.2, -0.15) is 0 Å². The first-order valence-corrected chi connectivity index (χ1v) is 8.89. The van der Waals surface area contributed by atoms with E-state index in [1.165, 1.54) is 0 Å². The Morgan fingerprint density at radius 1 is 1.05 bits per heavy atom. The van der Waals surface area contributed by atoms with Crippen LogP contribution in [0.25, 0.3) is 0 Å². The van der Waals surface area contributed by atoms with Crippen LogP contribution in [0.4, 0.5) is 5.69 Å². The number of benzene rings is 1. The van der Waals surface area contributed by atoms with Gasteiger partial charge in [-0.15, -0.1) is 0 Å². The lowest BCUT2D eigenvalue weighted by atomic mass is 9.98. The van der Waals surface area contributed by atoms with Crippen LogP contribution >= 0.6 is 0 Å². The molecular formula is C15H20N2O3S. The van der Waals surface area contributed by atoms with Gasteiger partial charge in [0.05, 0.1) is 4.90 Å². The highest BCUT2D eigenvalue weighted by Gasteiger charge is 2.28. The molecule has 0 spiro atoms. The molecule has 0 unspecified atom stereocenters. The van der Waals surface area contributed by atoms with E-state index in [4.69, 9.17) is 0 Å². The smallest absolute Gasteiger partial charge is 0.240 e. The lowest BCUT2D eigenvalue weighted by Crippen LogP contribution is -2.34. The van der Waals surface area contributed by atoms with Crippen molar-refractivity contribution < 1.29 is 13.2 Å². The summed E-state index contributed by atoms with van der Waals surface area (Å²) in [6, 6.07) is 7.14. The van der Waals surface area contributed by atoms with Crippen LogP contribution in [0.15, 0.2) is 29.2 Å². The van der Waals surface area contributed by atoms with Gasteiger partial charge in [0.15, 0.2) is 0 Å². The van der Waals surface area contributed by atoms with Crippen LogP contribution in [0.3, 0.4) is 0 Å². The third-order valence-electron chi connectivity index (χ3n) is 4.14. The van der Waals surface area contributed by atoms with E-state index in [2.05, 4.69) is 9.62 Å². The first-order valence-electron chi connectivity index (χ1n) is 7.41. The van der Waals surface area contributed by atoms with Crippen LogP contribution in [0.5, 0.6) is 0 Å². The highest BCUT2D eigenvalue weighted by Crippen LogP contribution is 2.25. The van der Waals surface area contributed by atoms with E-state index in [9.17, 15) is 13.2 Å². The van der Waals surface area contributed by atoms with Gasteiger partial charge in [0, 0.05) is 30.7 Å². The minimum absolute atomic E-state index is 0.122. The van der Waals surface area contributed by atoms with Gasteiger partial charge in [-0.1, -0.05) is 0 Å². The van der Waals surface area contributed by atoms with Gasteiger partial charge in [0.25, 0.3) is 0 Å². The summed E-state index contributed by atoms with van der Waals surface area (Å²) in [5.74, 6) is 0.170. The fraction of sp³-hybridized carbons (Fsp3) is 0.533. The zero-order chi connectivity index (χ0) is 14.9. The molecule has 1 N–H and O–H groups in total. The highest BCUT2D eigenvalue weighted by atomic mass is 32.2. The molecule has 21 heavy (non-hydrogen) atoms. The Morgan fingerprint density at radius 3 is 2.19 bits per heavy atom. The molecule has 2 aliphatic rings. The Hall–Kier alpha value is -1.40. The summed E-state index contributed by atoms with van der Waals surface area (Å²) in [4.78, 5) is 13.3. The first-order chi connectivity index (χ1) is 10.1. The lowest BCUT2D eigenvalue weighted by molar-refractivity contribution is -0.111. The largest absolute Gasteiger partial charge is 0.371 e. The summed E-state index contributed by atoms with van der Waals surface area (Å²) in [5, 5.41) is 0. The van der Waals surface area contributed by atoms with Crippen LogP contribution in [0, 0.1) is 5.92 Å². The number of piperidine rings is 1. The van der Waals surface area contributed by atoms with Gasteiger partial charge in [-0.3, -0.25) is 0 Å². The van der Waals surface area contributed by atoms with E-state index < -0.39 is 10.0 Å². The molecule has 5 nitrogen and oxygen atoms in total. The van der Waals surface area contributed by atoms with Crippen LogP contribution in [-0.2, 0) is 14.8 Å². The molecule has 2 fully saturated rings. The second-order valence-corrected chi connectivity index (χ2v) is 7.56. The fourth-order valence-electron chi connectivity index (χ4n) is 2.62. The predicted molar refractivity (Wildman–Crippen MR) is 80.8 cm³/mol. The van der Waals surface area contributed by atoms with Crippen molar-refractivity contribution in [2.45, 2.75) is 36.6 Å².